The zero-order chi connectivity index (χ0) is 9.30. The second-order valence-electron chi connectivity index (χ2n) is 3.04. The zero-order valence-electron chi connectivity index (χ0n) is 6.79. The molecule has 1 saturated heterocycles. The van der Waals surface area contributed by atoms with Gasteiger partial charge in [-0.25, -0.2) is 0 Å². The summed E-state index contributed by atoms with van der Waals surface area (Å²) in [6.07, 6.45) is -4.65. The highest BCUT2D eigenvalue weighted by atomic mass is 16.6. The maximum Gasteiger partial charge on any atom is 0.115 e. The molecule has 5 heteroatoms. The van der Waals surface area contributed by atoms with Gasteiger partial charge < -0.3 is 25.2 Å². The number of hydrogen-bond donors (Lipinski definition) is 4. The topological polar surface area (TPSA) is 90.2 Å². The molecule has 5 atom stereocenters. The highest BCUT2D eigenvalue weighted by Gasteiger charge is 2.43. The van der Waals surface area contributed by atoms with Crippen molar-refractivity contribution in [1.82, 2.24) is 0 Å². The third-order valence-electron chi connectivity index (χ3n) is 2.11. The minimum Gasteiger partial charge on any atom is -0.394 e. The maximum absolute atomic E-state index is 9.28. The van der Waals surface area contributed by atoms with Crippen molar-refractivity contribution in [3.63, 3.8) is 0 Å². The van der Waals surface area contributed by atoms with Crippen molar-refractivity contribution < 1.29 is 25.2 Å². The lowest BCUT2D eigenvalue weighted by molar-refractivity contribution is -0.0786. The first-order valence-electron chi connectivity index (χ1n) is 3.88. The van der Waals surface area contributed by atoms with Crippen molar-refractivity contribution in [2.24, 2.45) is 0 Å². The Kier molecular flexibility index (Phi) is 3.03. The van der Waals surface area contributed by atoms with Crippen LogP contribution in [0.25, 0.3) is 0 Å². The SMILES string of the molecule is C[C@@H]1O[C@@H]([C@H](O)CO)[C@@H](O)[C@H]1O. The summed E-state index contributed by atoms with van der Waals surface area (Å²) in [7, 11) is 0. The molecule has 0 saturated carbocycles. The van der Waals surface area contributed by atoms with Gasteiger partial charge >= 0.3 is 0 Å². The zero-order valence-corrected chi connectivity index (χ0v) is 6.79. The molecule has 1 aliphatic rings. The molecule has 4 N–H and O–H groups in total. The Morgan fingerprint density at radius 2 is 1.92 bits per heavy atom. The molecule has 0 radical (unpaired) electrons. The molecule has 0 bridgehead atoms. The second-order valence-corrected chi connectivity index (χ2v) is 3.04. The van der Waals surface area contributed by atoms with E-state index in [1.807, 2.05) is 0 Å². The minimum absolute atomic E-state index is 0.485. The van der Waals surface area contributed by atoms with Gasteiger partial charge in [0, 0.05) is 0 Å². The van der Waals surface area contributed by atoms with Gasteiger partial charge in [-0.2, -0.15) is 0 Å². The molecule has 1 rings (SSSR count). The van der Waals surface area contributed by atoms with E-state index in [9.17, 15) is 10.2 Å². The van der Waals surface area contributed by atoms with Crippen LogP contribution in [-0.2, 0) is 4.74 Å². The molecule has 0 amide bonds. The molecule has 0 spiro atoms. The van der Waals surface area contributed by atoms with E-state index in [1.54, 1.807) is 6.92 Å². The lowest BCUT2D eigenvalue weighted by atomic mass is 10.1. The summed E-state index contributed by atoms with van der Waals surface area (Å²) in [6.45, 7) is 1.11. The molecule has 1 aliphatic heterocycles. The fraction of sp³-hybridized carbons (Fsp3) is 1.00. The van der Waals surface area contributed by atoms with Gasteiger partial charge in [-0.3, -0.25) is 0 Å². The van der Waals surface area contributed by atoms with Gasteiger partial charge in [-0.15, -0.1) is 0 Å². The summed E-state index contributed by atoms with van der Waals surface area (Å²) in [5.74, 6) is 0. The van der Waals surface area contributed by atoms with E-state index in [4.69, 9.17) is 14.9 Å². The van der Waals surface area contributed by atoms with Crippen LogP contribution in [0.15, 0.2) is 0 Å². The molecular weight excluding hydrogens is 164 g/mol. The molecule has 0 aromatic rings. The molecule has 0 aliphatic carbocycles. The summed E-state index contributed by atoms with van der Waals surface area (Å²) in [5.41, 5.74) is 0. The number of ether oxygens (including phenoxy) is 1. The molecule has 1 heterocycles. The third-order valence-corrected chi connectivity index (χ3v) is 2.11. The lowest BCUT2D eigenvalue weighted by Crippen LogP contribution is -2.40. The van der Waals surface area contributed by atoms with Crippen LogP contribution in [0.2, 0.25) is 0 Å². The van der Waals surface area contributed by atoms with Crippen LogP contribution in [0, 0.1) is 0 Å². The standard InChI is InChI=1S/C7H14O5/c1-3-5(10)6(11)7(12-3)4(9)2-8/h3-11H,2H2,1H3/t3-,4+,5-,6-,7-/m0/s1. The molecule has 72 valence electrons. The lowest BCUT2D eigenvalue weighted by Gasteiger charge is -2.18. The van der Waals surface area contributed by atoms with Crippen molar-refractivity contribution in [3.05, 3.63) is 0 Å². The van der Waals surface area contributed by atoms with E-state index in [2.05, 4.69) is 0 Å². The average Bonchev–Trinajstić information content (AvgIpc) is 2.32. The van der Waals surface area contributed by atoms with E-state index in [0.717, 1.165) is 0 Å². The molecule has 1 fully saturated rings. The average molecular weight is 178 g/mol. The van der Waals surface area contributed by atoms with Crippen LogP contribution in [0.1, 0.15) is 6.92 Å². The number of aliphatic hydroxyl groups excluding tert-OH is 4. The molecule has 12 heavy (non-hydrogen) atoms. The monoisotopic (exact) mass is 178 g/mol. The normalized spacial score (nSPS) is 44.8. The first-order chi connectivity index (χ1) is 5.57. The van der Waals surface area contributed by atoms with Gasteiger partial charge in [-0.05, 0) is 6.92 Å². The Labute approximate surface area is 70.2 Å². The van der Waals surface area contributed by atoms with Crippen molar-refractivity contribution >= 4 is 0 Å². The third kappa shape index (κ3) is 1.60. The fourth-order valence-corrected chi connectivity index (χ4v) is 1.30. The smallest absolute Gasteiger partial charge is 0.115 e. The van der Waals surface area contributed by atoms with Gasteiger partial charge in [0.05, 0.1) is 12.7 Å². The minimum atomic E-state index is -1.14. The summed E-state index contributed by atoms with van der Waals surface area (Å²) in [5, 5.41) is 36.2. The molecule has 0 aromatic carbocycles. The van der Waals surface area contributed by atoms with Crippen LogP contribution in [-0.4, -0.2) is 57.6 Å². The Bertz CT molecular complexity index is 151. The van der Waals surface area contributed by atoms with Gasteiger partial charge in [0.25, 0.3) is 0 Å². The molecule has 5 nitrogen and oxygen atoms in total. The van der Waals surface area contributed by atoms with Gasteiger partial charge in [0.15, 0.2) is 0 Å². The van der Waals surface area contributed by atoms with Gasteiger partial charge in [0.2, 0.25) is 0 Å². The maximum atomic E-state index is 9.28. The predicted octanol–water partition coefficient (Wildman–Crippen LogP) is -2.15. The number of hydrogen-bond acceptors (Lipinski definition) is 5. The Morgan fingerprint density at radius 1 is 1.33 bits per heavy atom. The first kappa shape index (κ1) is 9.88. The number of rotatable bonds is 2. The van der Waals surface area contributed by atoms with Crippen molar-refractivity contribution in [2.45, 2.75) is 37.4 Å². The van der Waals surface area contributed by atoms with E-state index < -0.39 is 37.1 Å². The fourth-order valence-electron chi connectivity index (χ4n) is 1.30. The Balaban J connectivity index is 2.58. The summed E-state index contributed by atoms with van der Waals surface area (Å²) >= 11 is 0. The quantitative estimate of drug-likeness (QED) is 0.387. The van der Waals surface area contributed by atoms with Gasteiger partial charge in [-0.1, -0.05) is 0 Å². The van der Waals surface area contributed by atoms with E-state index in [0.29, 0.717) is 0 Å². The van der Waals surface area contributed by atoms with Crippen molar-refractivity contribution in [1.29, 1.82) is 0 Å². The van der Waals surface area contributed by atoms with E-state index >= 15 is 0 Å². The van der Waals surface area contributed by atoms with Crippen LogP contribution in [0.4, 0.5) is 0 Å². The van der Waals surface area contributed by atoms with Gasteiger partial charge in [0.1, 0.15) is 24.4 Å². The molecule has 0 aromatic heterocycles. The second kappa shape index (κ2) is 3.68. The Hall–Kier alpha value is -0.200. The summed E-state index contributed by atoms with van der Waals surface area (Å²) < 4.78 is 5.03. The first-order valence-corrected chi connectivity index (χ1v) is 3.88. The summed E-state index contributed by atoms with van der Waals surface area (Å²) in [6, 6.07) is 0. The van der Waals surface area contributed by atoms with Crippen LogP contribution in [0.3, 0.4) is 0 Å². The van der Waals surface area contributed by atoms with Crippen molar-refractivity contribution in [2.75, 3.05) is 6.61 Å². The highest BCUT2D eigenvalue weighted by molar-refractivity contribution is 4.91. The van der Waals surface area contributed by atoms with E-state index in [-0.39, 0.29) is 0 Å². The largest absolute Gasteiger partial charge is 0.394 e. The number of aliphatic hydroxyl groups is 4. The highest BCUT2D eigenvalue weighted by Crippen LogP contribution is 2.22. The van der Waals surface area contributed by atoms with E-state index in [1.165, 1.54) is 0 Å². The predicted molar refractivity (Wildman–Crippen MR) is 39.4 cm³/mol. The van der Waals surface area contributed by atoms with Crippen LogP contribution >= 0.6 is 0 Å². The molecule has 0 unspecified atom stereocenters. The summed E-state index contributed by atoms with van der Waals surface area (Å²) in [4.78, 5) is 0. The van der Waals surface area contributed by atoms with Crippen LogP contribution < -0.4 is 0 Å². The Morgan fingerprint density at radius 3 is 2.25 bits per heavy atom. The van der Waals surface area contributed by atoms with Crippen LogP contribution in [0.5, 0.6) is 0 Å². The van der Waals surface area contributed by atoms with Crippen molar-refractivity contribution in [3.8, 4) is 0 Å². The molecular formula is C7H14O5.